The molecule has 4 rings (SSSR count). The van der Waals surface area contributed by atoms with Gasteiger partial charge >= 0.3 is 12.1 Å². The molecule has 4 aromatic rings. The van der Waals surface area contributed by atoms with Crippen LogP contribution < -0.4 is 14.9 Å². The minimum Gasteiger partial charge on any atom is -0.448 e. The molecule has 0 spiro atoms. The summed E-state index contributed by atoms with van der Waals surface area (Å²) in [5.74, 6) is -3.70. The van der Waals surface area contributed by atoms with E-state index in [1.165, 1.54) is 36.4 Å². The van der Waals surface area contributed by atoms with Crippen LogP contribution in [-0.2, 0) is 11.0 Å². The second-order valence-electron chi connectivity index (χ2n) is 6.94. The SMILES string of the molecule is O=C(/C=C/c1ccccc1)Oc1ccc2c(=O)c(Oc3ccccc3Cl)c(C(F)(F)F)oc2c1. The van der Waals surface area contributed by atoms with Gasteiger partial charge in [-0.3, -0.25) is 4.79 Å². The summed E-state index contributed by atoms with van der Waals surface area (Å²) >= 11 is 5.95. The van der Waals surface area contributed by atoms with Crippen LogP contribution in [0.4, 0.5) is 13.2 Å². The first-order valence-corrected chi connectivity index (χ1v) is 10.2. The number of benzene rings is 3. The molecule has 0 N–H and O–H groups in total. The van der Waals surface area contributed by atoms with E-state index in [-0.39, 0.29) is 21.9 Å². The fourth-order valence-electron chi connectivity index (χ4n) is 3.02. The Hall–Kier alpha value is -4.04. The number of esters is 1. The van der Waals surface area contributed by atoms with Gasteiger partial charge in [0.15, 0.2) is 0 Å². The van der Waals surface area contributed by atoms with Gasteiger partial charge in [-0.1, -0.05) is 54.1 Å². The van der Waals surface area contributed by atoms with Crippen molar-refractivity contribution in [1.82, 2.24) is 0 Å². The summed E-state index contributed by atoms with van der Waals surface area (Å²) in [4.78, 5) is 24.9. The Balaban J connectivity index is 1.69. The maximum Gasteiger partial charge on any atom is 0.453 e. The highest BCUT2D eigenvalue weighted by molar-refractivity contribution is 6.32. The fourth-order valence-corrected chi connectivity index (χ4v) is 3.19. The van der Waals surface area contributed by atoms with Crippen molar-refractivity contribution in [2.45, 2.75) is 6.18 Å². The number of hydrogen-bond donors (Lipinski definition) is 0. The van der Waals surface area contributed by atoms with Crippen molar-refractivity contribution in [1.29, 1.82) is 0 Å². The van der Waals surface area contributed by atoms with Gasteiger partial charge in [0.2, 0.25) is 11.2 Å². The van der Waals surface area contributed by atoms with Crippen LogP contribution in [0.1, 0.15) is 11.3 Å². The quantitative estimate of drug-likeness (QED) is 0.175. The van der Waals surface area contributed by atoms with E-state index in [1.807, 2.05) is 6.07 Å². The van der Waals surface area contributed by atoms with Crippen LogP contribution in [0, 0.1) is 0 Å². The maximum atomic E-state index is 13.7. The van der Waals surface area contributed by atoms with Crippen molar-refractivity contribution in [3.63, 3.8) is 0 Å². The molecule has 0 aliphatic heterocycles. The molecule has 0 fully saturated rings. The van der Waals surface area contributed by atoms with Crippen molar-refractivity contribution < 1.29 is 31.9 Å². The molecule has 0 amide bonds. The monoisotopic (exact) mass is 486 g/mol. The first kappa shape index (κ1) is 23.1. The van der Waals surface area contributed by atoms with Gasteiger partial charge in [0.05, 0.1) is 10.4 Å². The van der Waals surface area contributed by atoms with Gasteiger partial charge in [-0.05, 0) is 35.9 Å². The first-order valence-electron chi connectivity index (χ1n) is 9.78. The minimum atomic E-state index is -5.05. The smallest absolute Gasteiger partial charge is 0.448 e. The van der Waals surface area contributed by atoms with Crippen molar-refractivity contribution >= 4 is 34.6 Å². The predicted octanol–water partition coefficient (Wildman–Crippen LogP) is 6.88. The number of halogens is 4. The molecule has 34 heavy (non-hydrogen) atoms. The van der Waals surface area contributed by atoms with Gasteiger partial charge in [0, 0.05) is 12.1 Å². The highest BCUT2D eigenvalue weighted by atomic mass is 35.5. The van der Waals surface area contributed by atoms with E-state index in [9.17, 15) is 22.8 Å². The van der Waals surface area contributed by atoms with Gasteiger partial charge in [-0.2, -0.15) is 13.2 Å². The summed E-state index contributed by atoms with van der Waals surface area (Å²) in [6.07, 6.45) is -2.37. The summed E-state index contributed by atoms with van der Waals surface area (Å²) in [5.41, 5.74) is -0.735. The number of ether oxygens (including phenoxy) is 2. The zero-order chi connectivity index (χ0) is 24.3. The Morgan fingerprint density at radius 3 is 2.38 bits per heavy atom. The van der Waals surface area contributed by atoms with Crippen LogP contribution in [0.25, 0.3) is 17.0 Å². The molecular formula is C25H14ClF3O5. The van der Waals surface area contributed by atoms with Crippen molar-refractivity contribution in [3.8, 4) is 17.2 Å². The Morgan fingerprint density at radius 2 is 1.68 bits per heavy atom. The Labute approximate surface area is 195 Å². The van der Waals surface area contributed by atoms with Crippen molar-refractivity contribution in [2.24, 2.45) is 0 Å². The summed E-state index contributed by atoms with van der Waals surface area (Å²) in [6.45, 7) is 0. The average molecular weight is 487 g/mol. The van der Waals surface area contributed by atoms with Crippen LogP contribution in [0.15, 0.2) is 88.1 Å². The molecule has 0 bridgehead atoms. The third-order valence-corrected chi connectivity index (χ3v) is 4.87. The molecule has 3 aromatic carbocycles. The van der Waals surface area contributed by atoms with Crippen molar-refractivity contribution in [2.75, 3.05) is 0 Å². The van der Waals surface area contributed by atoms with Gasteiger partial charge in [0.1, 0.15) is 17.1 Å². The number of fused-ring (bicyclic) bond motifs is 1. The second-order valence-corrected chi connectivity index (χ2v) is 7.35. The molecule has 172 valence electrons. The van der Waals surface area contributed by atoms with Crippen LogP contribution >= 0.6 is 11.6 Å². The number of hydrogen-bond acceptors (Lipinski definition) is 5. The standard InChI is InChI=1S/C25H14ClF3O5/c26-18-8-4-5-9-19(18)33-23-22(31)17-12-11-16(14-20(17)34-24(23)25(27,28)29)32-21(30)13-10-15-6-2-1-3-7-15/h1-14H/b13-10+. The van der Waals surface area contributed by atoms with E-state index in [4.69, 9.17) is 25.5 Å². The van der Waals surface area contributed by atoms with Crippen molar-refractivity contribution in [3.05, 3.63) is 105 Å². The summed E-state index contributed by atoms with van der Waals surface area (Å²) in [7, 11) is 0. The molecule has 5 nitrogen and oxygen atoms in total. The fraction of sp³-hybridized carbons (Fsp3) is 0.0400. The molecular weight excluding hydrogens is 473 g/mol. The van der Waals surface area contributed by atoms with Crippen LogP contribution in [0.5, 0.6) is 17.2 Å². The van der Waals surface area contributed by atoms with Gasteiger partial charge in [-0.15, -0.1) is 0 Å². The molecule has 0 saturated carbocycles. The van der Waals surface area contributed by atoms with Gasteiger partial charge < -0.3 is 13.9 Å². The lowest BCUT2D eigenvalue weighted by molar-refractivity contribution is -0.154. The third-order valence-electron chi connectivity index (χ3n) is 4.56. The zero-order valence-corrected chi connectivity index (χ0v) is 17.9. The highest BCUT2D eigenvalue weighted by Crippen LogP contribution is 2.39. The third kappa shape index (κ3) is 5.13. The summed E-state index contributed by atoms with van der Waals surface area (Å²) < 4.78 is 56.4. The minimum absolute atomic E-state index is 0.0148. The van der Waals surface area contributed by atoms with Crippen LogP contribution in [0.2, 0.25) is 5.02 Å². The van der Waals surface area contributed by atoms with Crippen LogP contribution in [-0.4, -0.2) is 5.97 Å². The maximum absolute atomic E-state index is 13.7. The number of para-hydroxylation sites is 1. The van der Waals surface area contributed by atoms with E-state index in [2.05, 4.69) is 0 Å². The molecule has 0 unspecified atom stereocenters. The van der Waals surface area contributed by atoms with E-state index in [0.29, 0.717) is 0 Å². The second kappa shape index (κ2) is 9.44. The largest absolute Gasteiger partial charge is 0.453 e. The Bertz CT molecular complexity index is 1440. The zero-order valence-electron chi connectivity index (χ0n) is 17.1. The lowest BCUT2D eigenvalue weighted by Crippen LogP contribution is -2.15. The number of rotatable bonds is 5. The topological polar surface area (TPSA) is 65.7 Å². The number of carbonyl (C=O) groups is 1. The van der Waals surface area contributed by atoms with E-state index in [0.717, 1.165) is 17.7 Å². The predicted molar refractivity (Wildman–Crippen MR) is 120 cm³/mol. The first-order chi connectivity index (χ1) is 16.2. The van der Waals surface area contributed by atoms with E-state index < -0.39 is 34.7 Å². The number of alkyl halides is 3. The molecule has 1 heterocycles. The molecule has 0 aliphatic rings. The summed E-state index contributed by atoms with van der Waals surface area (Å²) in [6, 6.07) is 18.2. The summed E-state index contributed by atoms with van der Waals surface area (Å²) in [5, 5.41) is -0.185. The lowest BCUT2D eigenvalue weighted by atomic mass is 10.2. The molecule has 0 saturated heterocycles. The lowest BCUT2D eigenvalue weighted by Gasteiger charge is -2.14. The van der Waals surface area contributed by atoms with E-state index >= 15 is 0 Å². The highest BCUT2D eigenvalue weighted by Gasteiger charge is 2.40. The van der Waals surface area contributed by atoms with Gasteiger partial charge in [0.25, 0.3) is 5.76 Å². The van der Waals surface area contributed by atoms with Crippen LogP contribution in [0.3, 0.4) is 0 Å². The molecule has 0 aliphatic carbocycles. The normalized spacial score (nSPS) is 11.6. The molecule has 1 aromatic heterocycles. The molecule has 0 radical (unpaired) electrons. The Kier molecular flexibility index (Phi) is 6.43. The molecule has 9 heteroatoms. The Morgan fingerprint density at radius 1 is 0.971 bits per heavy atom. The number of carbonyl (C=O) groups excluding carboxylic acids is 1. The average Bonchev–Trinajstić information content (AvgIpc) is 2.80. The van der Waals surface area contributed by atoms with E-state index in [1.54, 1.807) is 30.3 Å². The molecule has 0 atom stereocenters. The van der Waals surface area contributed by atoms with Gasteiger partial charge in [-0.25, -0.2) is 4.79 Å².